The van der Waals surface area contributed by atoms with Crippen molar-refractivity contribution in [2.24, 2.45) is 11.8 Å². The first-order valence-electron chi connectivity index (χ1n) is 7.55. The van der Waals surface area contributed by atoms with Crippen LogP contribution >= 0.6 is 0 Å². The molecule has 1 N–H and O–H groups in total. The molecule has 1 heterocycles. The number of hydrogen-bond acceptors (Lipinski definition) is 2. The number of carboxylic acid groups (broad SMARTS) is 1. The Morgan fingerprint density at radius 1 is 1.45 bits per heavy atom. The third-order valence-corrected chi connectivity index (χ3v) is 4.50. The summed E-state index contributed by atoms with van der Waals surface area (Å²) in [6, 6.07) is 8.52. The van der Waals surface area contributed by atoms with Gasteiger partial charge in [-0.2, -0.15) is 0 Å². The second-order valence-corrected chi connectivity index (χ2v) is 6.14. The van der Waals surface area contributed by atoms with Gasteiger partial charge < -0.3 is 5.11 Å². The number of hydrogen-bond donors (Lipinski definition) is 1. The average Bonchev–Trinajstić information content (AvgIpc) is 2.41. The molecular formula is C17H25NO2. The van der Waals surface area contributed by atoms with Crippen LogP contribution in [0.5, 0.6) is 0 Å². The molecule has 2 unspecified atom stereocenters. The third kappa shape index (κ3) is 4.07. The van der Waals surface area contributed by atoms with Crippen LogP contribution < -0.4 is 0 Å². The molecular weight excluding hydrogens is 250 g/mol. The minimum Gasteiger partial charge on any atom is -0.481 e. The third-order valence-electron chi connectivity index (χ3n) is 4.50. The zero-order chi connectivity index (χ0) is 14.5. The van der Waals surface area contributed by atoms with E-state index < -0.39 is 5.97 Å². The summed E-state index contributed by atoms with van der Waals surface area (Å²) in [5.41, 5.74) is 2.73. The fourth-order valence-electron chi connectivity index (χ4n) is 3.17. The van der Waals surface area contributed by atoms with Crippen molar-refractivity contribution in [2.75, 3.05) is 13.1 Å². The first-order valence-corrected chi connectivity index (χ1v) is 7.55. The van der Waals surface area contributed by atoms with Gasteiger partial charge in [0.1, 0.15) is 0 Å². The lowest BCUT2D eigenvalue weighted by atomic mass is 9.84. The SMILES string of the molecule is Cc1ccccc1CN1CCCC(C(C)CC(=O)O)C1. The summed E-state index contributed by atoms with van der Waals surface area (Å²) in [4.78, 5) is 13.3. The van der Waals surface area contributed by atoms with E-state index in [1.54, 1.807) is 0 Å². The lowest BCUT2D eigenvalue weighted by molar-refractivity contribution is -0.138. The topological polar surface area (TPSA) is 40.5 Å². The van der Waals surface area contributed by atoms with E-state index in [0.717, 1.165) is 19.6 Å². The van der Waals surface area contributed by atoms with Crippen LogP contribution in [0, 0.1) is 18.8 Å². The number of carbonyl (C=O) groups is 1. The quantitative estimate of drug-likeness (QED) is 0.896. The summed E-state index contributed by atoms with van der Waals surface area (Å²) < 4.78 is 0. The molecule has 0 amide bonds. The summed E-state index contributed by atoms with van der Waals surface area (Å²) in [6.45, 7) is 7.39. The maximum atomic E-state index is 10.9. The number of aryl methyl sites for hydroxylation is 1. The van der Waals surface area contributed by atoms with Crippen molar-refractivity contribution < 1.29 is 9.90 Å². The van der Waals surface area contributed by atoms with Crippen LogP contribution in [0.1, 0.15) is 37.3 Å². The molecule has 3 heteroatoms. The predicted molar refractivity (Wildman–Crippen MR) is 80.6 cm³/mol. The number of carboxylic acids is 1. The van der Waals surface area contributed by atoms with Crippen LogP contribution in [0.2, 0.25) is 0 Å². The largest absolute Gasteiger partial charge is 0.481 e. The maximum absolute atomic E-state index is 10.9. The van der Waals surface area contributed by atoms with Gasteiger partial charge in [0.25, 0.3) is 0 Å². The van der Waals surface area contributed by atoms with Crippen LogP contribution in [0.25, 0.3) is 0 Å². The van der Waals surface area contributed by atoms with E-state index in [1.165, 1.54) is 24.0 Å². The van der Waals surface area contributed by atoms with E-state index in [9.17, 15) is 4.79 Å². The number of piperidine rings is 1. The molecule has 0 bridgehead atoms. The highest BCUT2D eigenvalue weighted by atomic mass is 16.4. The lowest BCUT2D eigenvalue weighted by Crippen LogP contribution is -2.38. The van der Waals surface area contributed by atoms with Gasteiger partial charge in [0, 0.05) is 19.5 Å². The molecule has 20 heavy (non-hydrogen) atoms. The molecule has 1 saturated heterocycles. The number of benzene rings is 1. The number of rotatable bonds is 5. The highest BCUT2D eigenvalue weighted by molar-refractivity contribution is 5.67. The molecule has 110 valence electrons. The molecule has 1 fully saturated rings. The molecule has 3 nitrogen and oxygen atoms in total. The van der Waals surface area contributed by atoms with Gasteiger partial charge >= 0.3 is 5.97 Å². The van der Waals surface area contributed by atoms with Crippen molar-refractivity contribution >= 4 is 5.97 Å². The summed E-state index contributed by atoms with van der Waals surface area (Å²) >= 11 is 0. The normalized spacial score (nSPS) is 21.6. The molecule has 2 atom stereocenters. The Bertz CT molecular complexity index is 458. The summed E-state index contributed by atoms with van der Waals surface area (Å²) in [5.74, 6) is 0.115. The Kier molecular flexibility index (Phi) is 5.18. The number of likely N-dealkylation sites (tertiary alicyclic amines) is 1. The van der Waals surface area contributed by atoms with Crippen molar-refractivity contribution in [3.8, 4) is 0 Å². The summed E-state index contributed by atoms with van der Waals surface area (Å²) in [6.07, 6.45) is 2.64. The lowest BCUT2D eigenvalue weighted by Gasteiger charge is -2.35. The Labute approximate surface area is 121 Å². The van der Waals surface area contributed by atoms with Gasteiger partial charge in [-0.3, -0.25) is 9.69 Å². The van der Waals surface area contributed by atoms with Crippen LogP contribution in [0.15, 0.2) is 24.3 Å². The molecule has 0 spiro atoms. The Balaban J connectivity index is 1.93. The van der Waals surface area contributed by atoms with E-state index in [4.69, 9.17) is 5.11 Å². The highest BCUT2D eigenvalue weighted by Crippen LogP contribution is 2.27. The number of aliphatic carboxylic acids is 1. The van der Waals surface area contributed by atoms with E-state index in [-0.39, 0.29) is 5.92 Å². The van der Waals surface area contributed by atoms with Gasteiger partial charge in [0.2, 0.25) is 0 Å². The van der Waals surface area contributed by atoms with Crippen LogP contribution in [0.3, 0.4) is 0 Å². The molecule has 1 aliphatic heterocycles. The fourth-order valence-corrected chi connectivity index (χ4v) is 3.17. The van der Waals surface area contributed by atoms with Crippen molar-refractivity contribution in [1.82, 2.24) is 4.90 Å². The molecule has 0 radical (unpaired) electrons. The molecule has 0 saturated carbocycles. The first kappa shape index (κ1) is 15.0. The summed E-state index contributed by atoms with van der Waals surface area (Å²) in [5, 5.41) is 8.94. The smallest absolute Gasteiger partial charge is 0.303 e. The van der Waals surface area contributed by atoms with Crippen LogP contribution in [0.4, 0.5) is 0 Å². The minimum atomic E-state index is -0.673. The van der Waals surface area contributed by atoms with Gasteiger partial charge in [0.05, 0.1) is 0 Å². The van der Waals surface area contributed by atoms with E-state index in [2.05, 4.69) is 43.0 Å². The van der Waals surface area contributed by atoms with E-state index in [0.29, 0.717) is 12.3 Å². The zero-order valence-corrected chi connectivity index (χ0v) is 12.5. The average molecular weight is 275 g/mol. The Morgan fingerprint density at radius 2 is 2.20 bits per heavy atom. The molecule has 0 aliphatic carbocycles. The van der Waals surface area contributed by atoms with Crippen molar-refractivity contribution in [3.05, 3.63) is 35.4 Å². The van der Waals surface area contributed by atoms with Gasteiger partial charge in [-0.15, -0.1) is 0 Å². The molecule has 1 aliphatic rings. The molecule has 0 aromatic heterocycles. The minimum absolute atomic E-state index is 0.271. The molecule has 1 aromatic carbocycles. The Morgan fingerprint density at radius 3 is 2.90 bits per heavy atom. The second kappa shape index (κ2) is 6.89. The van der Waals surface area contributed by atoms with E-state index >= 15 is 0 Å². The maximum Gasteiger partial charge on any atom is 0.303 e. The van der Waals surface area contributed by atoms with E-state index in [1.807, 2.05) is 0 Å². The molecule has 2 rings (SSSR count). The predicted octanol–water partition coefficient (Wildman–Crippen LogP) is 3.32. The summed E-state index contributed by atoms with van der Waals surface area (Å²) in [7, 11) is 0. The van der Waals surface area contributed by atoms with Crippen molar-refractivity contribution in [3.63, 3.8) is 0 Å². The number of nitrogens with zero attached hydrogens (tertiary/aromatic N) is 1. The van der Waals surface area contributed by atoms with Crippen molar-refractivity contribution in [1.29, 1.82) is 0 Å². The molecule has 1 aromatic rings. The fraction of sp³-hybridized carbons (Fsp3) is 0.588. The standard InChI is InChI=1S/C17H25NO2/c1-13-6-3-4-7-15(13)11-18-9-5-8-16(12-18)14(2)10-17(19)20/h3-4,6-7,14,16H,5,8-12H2,1-2H3,(H,19,20). The first-order chi connectivity index (χ1) is 9.56. The monoisotopic (exact) mass is 275 g/mol. The van der Waals surface area contributed by atoms with Gasteiger partial charge in [-0.05, 0) is 49.3 Å². The second-order valence-electron chi connectivity index (χ2n) is 6.14. The van der Waals surface area contributed by atoms with Crippen LogP contribution in [-0.2, 0) is 11.3 Å². The zero-order valence-electron chi connectivity index (χ0n) is 12.5. The highest BCUT2D eigenvalue weighted by Gasteiger charge is 2.26. The van der Waals surface area contributed by atoms with Crippen LogP contribution in [-0.4, -0.2) is 29.1 Å². The van der Waals surface area contributed by atoms with Gasteiger partial charge in [0.15, 0.2) is 0 Å². The van der Waals surface area contributed by atoms with Gasteiger partial charge in [-0.1, -0.05) is 31.2 Å². The van der Waals surface area contributed by atoms with Gasteiger partial charge in [-0.25, -0.2) is 0 Å². The Hall–Kier alpha value is -1.35. The van der Waals surface area contributed by atoms with Crippen molar-refractivity contribution in [2.45, 2.75) is 39.7 Å².